The van der Waals surface area contributed by atoms with Gasteiger partial charge in [0, 0.05) is 31.4 Å². The second kappa shape index (κ2) is 8.99. The van der Waals surface area contributed by atoms with Crippen molar-refractivity contribution in [3.63, 3.8) is 0 Å². The lowest BCUT2D eigenvalue weighted by Crippen LogP contribution is -2.42. The van der Waals surface area contributed by atoms with E-state index in [9.17, 15) is 18.3 Å². The highest BCUT2D eigenvalue weighted by molar-refractivity contribution is 5.71. The van der Waals surface area contributed by atoms with Gasteiger partial charge in [-0.05, 0) is 56.9 Å². The number of halogens is 3. The van der Waals surface area contributed by atoms with Gasteiger partial charge in [0.15, 0.2) is 5.69 Å². The molecule has 5 rings (SSSR count). The van der Waals surface area contributed by atoms with Crippen LogP contribution in [0.25, 0.3) is 11.6 Å². The summed E-state index contributed by atoms with van der Waals surface area (Å²) in [4.78, 5) is 7.16. The van der Waals surface area contributed by atoms with E-state index in [1.165, 1.54) is 0 Å². The van der Waals surface area contributed by atoms with Crippen molar-refractivity contribution in [2.24, 2.45) is 0 Å². The molecule has 0 aromatic carbocycles. The molecule has 4 bridgehead atoms. The Morgan fingerprint density at radius 1 is 1.06 bits per heavy atom. The van der Waals surface area contributed by atoms with Crippen LogP contribution in [0.4, 0.5) is 24.7 Å². The molecule has 3 aliphatic rings. The van der Waals surface area contributed by atoms with Crippen molar-refractivity contribution in [1.29, 1.82) is 0 Å². The third-order valence-corrected chi connectivity index (χ3v) is 7.40. The minimum Gasteiger partial charge on any atom is -0.416 e. The lowest BCUT2D eigenvalue weighted by atomic mass is 9.90. The Kier molecular flexibility index (Phi) is 6.18. The van der Waals surface area contributed by atoms with Crippen LogP contribution in [0.5, 0.6) is 0 Å². The zero-order valence-corrected chi connectivity index (χ0v) is 19.0. The van der Waals surface area contributed by atoms with Gasteiger partial charge in [0.1, 0.15) is 5.82 Å². The molecular weight excluding hydrogens is 451 g/mol. The van der Waals surface area contributed by atoms with Crippen LogP contribution in [0, 0.1) is 0 Å². The van der Waals surface area contributed by atoms with Crippen LogP contribution in [0.3, 0.4) is 0 Å². The second-order valence-corrected chi connectivity index (χ2v) is 9.58. The number of nitrogens with zero attached hydrogens (tertiary/aromatic N) is 4. The van der Waals surface area contributed by atoms with Crippen molar-refractivity contribution in [2.45, 2.75) is 81.5 Å². The normalized spacial score (nSPS) is 26.8. The molecule has 0 amide bonds. The third kappa shape index (κ3) is 4.13. The molecule has 0 spiro atoms. The van der Waals surface area contributed by atoms with Gasteiger partial charge < -0.3 is 24.9 Å². The molecule has 5 heterocycles. The highest BCUT2D eigenvalue weighted by atomic mass is 19.4. The van der Waals surface area contributed by atoms with E-state index in [2.05, 4.69) is 15.1 Å². The number of nitrogen functional groups attached to an aromatic ring is 1. The summed E-state index contributed by atoms with van der Waals surface area (Å²) >= 11 is 0. The predicted molar refractivity (Wildman–Crippen MR) is 118 cm³/mol. The van der Waals surface area contributed by atoms with Crippen LogP contribution in [-0.4, -0.2) is 52.3 Å². The Morgan fingerprint density at radius 3 is 2.59 bits per heavy atom. The number of ether oxygens (including phenoxy) is 1. The van der Waals surface area contributed by atoms with E-state index in [0.29, 0.717) is 19.6 Å². The molecule has 0 aliphatic carbocycles. The van der Waals surface area contributed by atoms with Crippen molar-refractivity contribution < 1.29 is 27.4 Å². The molecule has 1 unspecified atom stereocenters. The summed E-state index contributed by atoms with van der Waals surface area (Å²) in [6.45, 7) is 2.19. The lowest BCUT2D eigenvalue weighted by Gasteiger charge is -2.32. The molecule has 11 heteroatoms. The highest BCUT2D eigenvalue weighted by Crippen LogP contribution is 2.45. The van der Waals surface area contributed by atoms with Gasteiger partial charge in [-0.1, -0.05) is 12.8 Å². The van der Waals surface area contributed by atoms with Crippen molar-refractivity contribution in [2.75, 3.05) is 30.4 Å². The zero-order valence-electron chi connectivity index (χ0n) is 19.0. The smallest absolute Gasteiger partial charge is 0.416 e. The summed E-state index contributed by atoms with van der Waals surface area (Å²) in [5, 5.41) is 18.0. The molecule has 2 saturated heterocycles. The Balaban J connectivity index is 1.64. The van der Waals surface area contributed by atoms with E-state index in [1.54, 1.807) is 0 Å². The summed E-state index contributed by atoms with van der Waals surface area (Å²) in [5.41, 5.74) is 4.59. The molecule has 0 saturated carbocycles. The molecule has 3 N–H and O–H groups in total. The Hall–Kier alpha value is -2.40. The number of aromatic nitrogens is 3. The van der Waals surface area contributed by atoms with Gasteiger partial charge >= 0.3 is 6.18 Å². The lowest BCUT2D eigenvalue weighted by molar-refractivity contribution is -0.277. The van der Waals surface area contributed by atoms with E-state index in [-0.39, 0.29) is 35.7 Å². The third-order valence-electron chi connectivity index (χ3n) is 7.40. The van der Waals surface area contributed by atoms with Crippen molar-refractivity contribution in [1.82, 2.24) is 15.2 Å². The average Bonchev–Trinajstić information content (AvgIpc) is 3.48. The van der Waals surface area contributed by atoms with Crippen molar-refractivity contribution >= 4 is 11.5 Å². The molecule has 3 aliphatic heterocycles. The number of rotatable bonds is 1. The number of hydrogen-bond donors (Lipinski definition) is 2. The fraction of sp³-hybridized carbons (Fsp3) is 0.696. The van der Waals surface area contributed by atoms with Gasteiger partial charge in [-0.15, -0.1) is 10.2 Å². The van der Waals surface area contributed by atoms with E-state index < -0.39 is 24.1 Å². The van der Waals surface area contributed by atoms with E-state index in [1.807, 2.05) is 6.07 Å². The van der Waals surface area contributed by atoms with Gasteiger partial charge in [-0.2, -0.15) is 13.2 Å². The molecule has 34 heavy (non-hydrogen) atoms. The monoisotopic (exact) mass is 481 g/mol. The Labute approximate surface area is 195 Å². The van der Waals surface area contributed by atoms with Crippen LogP contribution in [0.1, 0.15) is 75.2 Å². The van der Waals surface area contributed by atoms with Crippen LogP contribution >= 0.6 is 0 Å². The van der Waals surface area contributed by atoms with Crippen LogP contribution in [0.15, 0.2) is 10.5 Å². The molecule has 2 aromatic rings. The summed E-state index contributed by atoms with van der Waals surface area (Å²) in [6, 6.07) is 2.11. The minimum absolute atomic E-state index is 0.150. The van der Waals surface area contributed by atoms with Gasteiger partial charge in [-0.25, -0.2) is 4.98 Å². The molecule has 186 valence electrons. The molecular formula is C23H30F3N5O3. The van der Waals surface area contributed by atoms with Crippen LogP contribution in [0.2, 0.25) is 0 Å². The number of pyridine rings is 1. The first-order chi connectivity index (χ1) is 16.3. The number of alkyl halides is 3. The number of fused-ring (bicyclic) bond motifs is 7. The fourth-order valence-electron chi connectivity index (χ4n) is 5.45. The summed E-state index contributed by atoms with van der Waals surface area (Å²) in [7, 11) is 0. The molecule has 2 fully saturated rings. The Bertz CT molecular complexity index is 1020. The topological polar surface area (TPSA) is 111 Å². The quantitative estimate of drug-likeness (QED) is 0.621. The zero-order chi connectivity index (χ0) is 23.9. The maximum atomic E-state index is 13.9. The van der Waals surface area contributed by atoms with E-state index in [4.69, 9.17) is 19.9 Å². The summed E-state index contributed by atoms with van der Waals surface area (Å²) in [6.07, 6.45) is 0.636. The standard InChI is InChI=1S/C23H30F3N5O3/c24-23(25,26)22(32)9-3-1-2-5-15-6-4-10-31(15)19-16(14-7-11-33-12-8-14)13-17(27)18(28-19)20-29-30-21(22)34-20/h13-15,32H,1-12,27H2/t15-,22?/m1/s1. The minimum atomic E-state index is -4.95. The first-order valence-corrected chi connectivity index (χ1v) is 12.1. The maximum Gasteiger partial charge on any atom is 0.426 e. The first kappa shape index (κ1) is 23.3. The van der Waals surface area contributed by atoms with Crippen molar-refractivity contribution in [3.05, 3.63) is 17.5 Å². The average molecular weight is 482 g/mol. The number of hydrogen-bond acceptors (Lipinski definition) is 8. The number of anilines is 2. The largest absolute Gasteiger partial charge is 0.426 e. The van der Waals surface area contributed by atoms with Gasteiger partial charge in [-0.3, -0.25) is 0 Å². The van der Waals surface area contributed by atoms with Crippen molar-refractivity contribution in [3.8, 4) is 11.6 Å². The van der Waals surface area contributed by atoms with E-state index in [0.717, 1.165) is 56.5 Å². The molecule has 2 atom stereocenters. The maximum absolute atomic E-state index is 13.9. The molecule has 2 aromatic heterocycles. The molecule has 8 nitrogen and oxygen atoms in total. The Morgan fingerprint density at radius 2 is 1.82 bits per heavy atom. The van der Waals surface area contributed by atoms with Gasteiger partial charge in [0.2, 0.25) is 5.60 Å². The first-order valence-electron chi connectivity index (χ1n) is 12.1. The fourth-order valence-corrected chi connectivity index (χ4v) is 5.45. The number of nitrogens with two attached hydrogens (primary N) is 1. The van der Waals surface area contributed by atoms with E-state index >= 15 is 0 Å². The van der Waals surface area contributed by atoms with Crippen LogP contribution in [-0.2, 0) is 10.3 Å². The molecule has 0 radical (unpaired) electrons. The predicted octanol–water partition coefficient (Wildman–Crippen LogP) is 4.29. The summed E-state index contributed by atoms with van der Waals surface area (Å²) in [5.74, 6) is -0.0621. The SMILES string of the molecule is Nc1cc(C2CCOCC2)c2nc1-c1nnc(o1)C(O)(C(F)(F)F)CCCCC[C@@H]1CCCN21. The van der Waals surface area contributed by atoms with Crippen LogP contribution < -0.4 is 10.6 Å². The second-order valence-electron chi connectivity index (χ2n) is 9.58. The number of aliphatic hydroxyl groups is 1. The summed E-state index contributed by atoms with van der Waals surface area (Å²) < 4.78 is 52.5. The highest BCUT2D eigenvalue weighted by Gasteiger charge is 2.58. The van der Waals surface area contributed by atoms with Gasteiger partial charge in [0.25, 0.3) is 11.8 Å². The van der Waals surface area contributed by atoms with Gasteiger partial charge in [0.05, 0.1) is 5.69 Å².